The molecule has 0 amide bonds. The van der Waals surface area contributed by atoms with Crippen LogP contribution in [0.5, 0.6) is 17.2 Å². The van der Waals surface area contributed by atoms with Crippen LogP contribution in [-0.2, 0) is 38.9 Å². The minimum Gasteiger partial charge on any atom is -0.508 e. The maximum atomic E-state index is 11.2. The van der Waals surface area contributed by atoms with Gasteiger partial charge in [-0.3, -0.25) is 4.55 Å². The number of azo groups is 1. The Balaban J connectivity index is 0.00000392. The van der Waals surface area contributed by atoms with Crippen molar-refractivity contribution in [2.24, 2.45) is 10.2 Å². The molecule has 0 saturated carbocycles. The van der Waals surface area contributed by atoms with E-state index in [1.165, 1.54) is 6.07 Å². The normalized spacial score (nSPS) is 11.5. The van der Waals surface area contributed by atoms with Gasteiger partial charge in [0.1, 0.15) is 28.6 Å². The molecule has 0 spiro atoms. The fraction of sp³-hybridized carbons (Fsp3) is 0.333. The van der Waals surface area contributed by atoms with Crippen molar-refractivity contribution >= 4 is 21.5 Å². The summed E-state index contributed by atoms with van der Waals surface area (Å²) in [6.07, 6.45) is 4.68. The van der Waals surface area contributed by atoms with Crippen molar-refractivity contribution in [2.45, 2.75) is 43.9 Å². The molecule has 0 bridgehead atoms. The van der Waals surface area contributed by atoms with Gasteiger partial charge in [0.2, 0.25) is 0 Å². The average Bonchev–Trinajstić information content (AvgIpc) is 2.59. The summed E-state index contributed by atoms with van der Waals surface area (Å²) < 4.78 is 31.4. The van der Waals surface area contributed by atoms with E-state index < -0.39 is 15.0 Å². The topological polar surface area (TPSA) is 140 Å². The molecule has 28 heavy (non-hydrogen) atoms. The number of phenolic OH excluding ortho intramolecular Hbond substituents is 3. The van der Waals surface area contributed by atoms with Crippen LogP contribution in [0.4, 0.5) is 11.4 Å². The van der Waals surface area contributed by atoms with Crippen LogP contribution >= 0.6 is 0 Å². The van der Waals surface area contributed by atoms with Gasteiger partial charge in [-0.2, -0.15) is 8.42 Å². The Kier molecular flexibility index (Phi) is 9.12. The van der Waals surface area contributed by atoms with Crippen LogP contribution < -0.4 is 0 Å². The van der Waals surface area contributed by atoms with Crippen LogP contribution in [-0.4, -0.2) is 28.3 Å². The van der Waals surface area contributed by atoms with Gasteiger partial charge in [-0.15, -0.1) is 10.2 Å². The molecule has 2 aromatic carbocycles. The third-order valence-electron chi connectivity index (χ3n) is 3.99. The smallest absolute Gasteiger partial charge is 0.294 e. The Morgan fingerprint density at radius 2 is 1.50 bits per heavy atom. The number of hydrogen-bond donors (Lipinski definition) is 4. The Morgan fingerprint density at radius 1 is 0.857 bits per heavy atom. The number of aryl methyl sites for hydroxylation is 1. The zero-order valence-corrected chi connectivity index (χ0v) is 18.1. The van der Waals surface area contributed by atoms with Gasteiger partial charge < -0.3 is 15.3 Å². The number of aromatic hydroxyl groups is 3. The van der Waals surface area contributed by atoms with Gasteiger partial charge in [-0.25, -0.2) is 0 Å². The molecule has 0 saturated heterocycles. The number of hydrogen-bond acceptors (Lipinski definition) is 7. The standard InChI is InChI=1S/C18H22N2O6S.Au/c1-2-3-4-5-6-12-9-14(18(23)11-17(12)22)19-20-15-10-13(27(24,25)26)7-8-16(15)21;/h7-11,21-23H,2-6H2,1H3,(H,24,25,26);. The summed E-state index contributed by atoms with van der Waals surface area (Å²) in [5, 5.41) is 37.3. The zero-order chi connectivity index (χ0) is 20.0. The van der Waals surface area contributed by atoms with E-state index in [4.69, 9.17) is 4.55 Å². The summed E-state index contributed by atoms with van der Waals surface area (Å²) >= 11 is 0. The molecular weight excluding hydrogens is 569 g/mol. The van der Waals surface area contributed by atoms with Crippen LogP contribution in [0.3, 0.4) is 0 Å². The molecule has 0 aromatic heterocycles. The molecule has 2 aromatic rings. The van der Waals surface area contributed by atoms with Gasteiger partial charge in [-0.05, 0) is 42.7 Å². The van der Waals surface area contributed by atoms with E-state index in [0.29, 0.717) is 12.0 Å². The third-order valence-corrected chi connectivity index (χ3v) is 4.84. The molecule has 0 fully saturated rings. The first-order valence-electron chi connectivity index (χ1n) is 8.49. The van der Waals surface area contributed by atoms with E-state index in [0.717, 1.165) is 49.9 Å². The Hall–Kier alpha value is -1.91. The first kappa shape index (κ1) is 24.1. The number of nitrogens with zero attached hydrogens (tertiary/aromatic N) is 2. The summed E-state index contributed by atoms with van der Waals surface area (Å²) in [6, 6.07) is 5.70. The minimum atomic E-state index is -4.46. The van der Waals surface area contributed by atoms with Crippen molar-refractivity contribution in [2.75, 3.05) is 0 Å². The van der Waals surface area contributed by atoms with Gasteiger partial charge in [0.15, 0.2) is 0 Å². The zero-order valence-electron chi connectivity index (χ0n) is 15.1. The van der Waals surface area contributed by atoms with Crippen LogP contribution in [0.1, 0.15) is 38.2 Å². The number of unbranched alkanes of at least 4 members (excludes halogenated alkanes) is 3. The molecule has 0 aliphatic heterocycles. The predicted molar refractivity (Wildman–Crippen MR) is 99.7 cm³/mol. The fourth-order valence-electron chi connectivity index (χ4n) is 2.48. The summed E-state index contributed by atoms with van der Waals surface area (Å²) in [5.41, 5.74) is 0.478. The second-order valence-electron chi connectivity index (χ2n) is 6.11. The molecule has 0 aliphatic carbocycles. The molecule has 0 heterocycles. The van der Waals surface area contributed by atoms with E-state index >= 15 is 0 Å². The van der Waals surface area contributed by atoms with Crippen molar-refractivity contribution in [1.29, 1.82) is 0 Å². The summed E-state index contributed by atoms with van der Waals surface area (Å²) in [5.74, 6) is -0.692. The van der Waals surface area contributed by atoms with E-state index in [2.05, 4.69) is 17.2 Å². The largest absolute Gasteiger partial charge is 0.508 e. The van der Waals surface area contributed by atoms with Crippen LogP contribution in [0.25, 0.3) is 0 Å². The molecule has 10 heteroatoms. The van der Waals surface area contributed by atoms with Crippen molar-refractivity contribution in [3.63, 3.8) is 0 Å². The molecule has 0 unspecified atom stereocenters. The van der Waals surface area contributed by atoms with Crippen LogP contribution in [0.2, 0.25) is 0 Å². The van der Waals surface area contributed by atoms with Gasteiger partial charge in [0.25, 0.3) is 10.1 Å². The van der Waals surface area contributed by atoms with E-state index in [1.54, 1.807) is 0 Å². The molecule has 4 N–H and O–H groups in total. The Bertz CT molecular complexity index is 947. The molecule has 157 valence electrons. The predicted octanol–water partition coefficient (Wildman–Crippen LogP) is 4.59. The maximum absolute atomic E-state index is 11.2. The van der Waals surface area contributed by atoms with E-state index in [-0.39, 0.29) is 51.0 Å². The first-order chi connectivity index (χ1) is 12.7. The molecule has 1 radical (unpaired) electrons. The Labute approximate surface area is 179 Å². The molecular formula is C18H22AuN2O6S. The van der Waals surface area contributed by atoms with Crippen LogP contribution in [0, 0.1) is 0 Å². The van der Waals surface area contributed by atoms with Crippen molar-refractivity contribution in [3.05, 3.63) is 35.9 Å². The van der Waals surface area contributed by atoms with Gasteiger partial charge in [0.05, 0.1) is 4.90 Å². The van der Waals surface area contributed by atoms with E-state index in [1.807, 2.05) is 0 Å². The van der Waals surface area contributed by atoms with Crippen molar-refractivity contribution in [1.82, 2.24) is 0 Å². The number of rotatable bonds is 8. The summed E-state index contributed by atoms with van der Waals surface area (Å²) in [6.45, 7) is 2.10. The maximum Gasteiger partial charge on any atom is 0.294 e. The summed E-state index contributed by atoms with van der Waals surface area (Å²) in [7, 11) is -4.46. The summed E-state index contributed by atoms with van der Waals surface area (Å²) in [4.78, 5) is -0.444. The number of benzene rings is 2. The van der Waals surface area contributed by atoms with E-state index in [9.17, 15) is 23.7 Å². The third kappa shape index (κ3) is 6.61. The van der Waals surface area contributed by atoms with Gasteiger partial charge >= 0.3 is 0 Å². The van der Waals surface area contributed by atoms with Crippen molar-refractivity contribution < 1.29 is 50.7 Å². The molecule has 0 aliphatic rings. The molecule has 2 rings (SSSR count). The quantitative estimate of drug-likeness (QED) is 0.153. The monoisotopic (exact) mass is 591 g/mol. The molecule has 8 nitrogen and oxygen atoms in total. The minimum absolute atomic E-state index is 0. The first-order valence-corrected chi connectivity index (χ1v) is 9.93. The second-order valence-corrected chi connectivity index (χ2v) is 7.53. The SMILES string of the molecule is CCCCCCc1cc(N=Nc2cc(S(=O)(=O)O)ccc2O)c(O)cc1O.[Au]. The fourth-order valence-corrected chi connectivity index (χ4v) is 2.98. The second kappa shape index (κ2) is 10.6. The van der Waals surface area contributed by atoms with Gasteiger partial charge in [0, 0.05) is 28.4 Å². The van der Waals surface area contributed by atoms with Crippen LogP contribution in [0.15, 0.2) is 45.5 Å². The molecule has 0 atom stereocenters. The van der Waals surface area contributed by atoms with Crippen molar-refractivity contribution in [3.8, 4) is 17.2 Å². The van der Waals surface area contributed by atoms with Gasteiger partial charge in [-0.1, -0.05) is 26.2 Å². The number of phenols is 3. The average molecular weight is 591 g/mol. The Morgan fingerprint density at radius 3 is 2.11 bits per heavy atom.